The smallest absolute Gasteiger partial charge is 0.277 e. The molecule has 2 aromatic rings. The fraction of sp³-hybridized carbons (Fsp3) is 0.250. The van der Waals surface area contributed by atoms with Crippen molar-refractivity contribution in [3.8, 4) is 0 Å². The maximum absolute atomic E-state index is 11.8. The number of benzene rings is 1. The van der Waals surface area contributed by atoms with Crippen molar-refractivity contribution in [2.45, 2.75) is 13.8 Å². The molecule has 5 nitrogen and oxygen atoms in total. The summed E-state index contributed by atoms with van der Waals surface area (Å²) in [4.78, 5) is 11.8. The molecule has 0 unspecified atom stereocenters. The van der Waals surface area contributed by atoms with E-state index in [0.717, 1.165) is 11.3 Å². The molecule has 0 aliphatic heterocycles. The van der Waals surface area contributed by atoms with E-state index in [1.807, 2.05) is 32.0 Å². The average Bonchev–Trinajstić information content (AvgIpc) is 2.70. The number of aromatic nitrogens is 3. The van der Waals surface area contributed by atoms with Crippen LogP contribution in [-0.2, 0) is 7.05 Å². The van der Waals surface area contributed by atoms with Crippen LogP contribution in [0.2, 0.25) is 0 Å². The van der Waals surface area contributed by atoms with Crippen LogP contribution < -0.4 is 5.32 Å². The summed E-state index contributed by atoms with van der Waals surface area (Å²) >= 11 is 0. The van der Waals surface area contributed by atoms with Gasteiger partial charge in [0.15, 0.2) is 5.69 Å². The summed E-state index contributed by atoms with van der Waals surface area (Å²) in [7, 11) is 1.72. The highest BCUT2D eigenvalue weighted by atomic mass is 16.2. The normalized spacial score (nSPS) is 10.3. The van der Waals surface area contributed by atoms with Crippen LogP contribution in [0.25, 0.3) is 0 Å². The van der Waals surface area contributed by atoms with E-state index in [0.29, 0.717) is 5.69 Å². The lowest BCUT2D eigenvalue weighted by Gasteiger charge is -2.05. The number of aryl methyl sites for hydroxylation is 3. The zero-order chi connectivity index (χ0) is 12.4. The second-order valence-electron chi connectivity index (χ2n) is 4.03. The molecule has 0 aliphatic carbocycles. The lowest BCUT2D eigenvalue weighted by Crippen LogP contribution is -2.12. The maximum Gasteiger partial charge on any atom is 0.277 e. The van der Waals surface area contributed by atoms with Gasteiger partial charge in [-0.05, 0) is 37.1 Å². The summed E-state index contributed by atoms with van der Waals surface area (Å²) in [6, 6.07) is 5.78. The van der Waals surface area contributed by atoms with Gasteiger partial charge in [0.1, 0.15) is 0 Å². The first-order valence-electron chi connectivity index (χ1n) is 5.31. The Bertz CT molecular complexity index is 559. The van der Waals surface area contributed by atoms with Gasteiger partial charge in [0, 0.05) is 12.7 Å². The van der Waals surface area contributed by atoms with Gasteiger partial charge in [-0.1, -0.05) is 11.3 Å². The molecule has 1 amide bonds. The van der Waals surface area contributed by atoms with Gasteiger partial charge in [-0.2, -0.15) is 0 Å². The molecule has 5 heteroatoms. The average molecular weight is 230 g/mol. The quantitative estimate of drug-likeness (QED) is 0.854. The minimum atomic E-state index is -0.249. The van der Waals surface area contributed by atoms with Crippen LogP contribution in [0.15, 0.2) is 24.4 Å². The third kappa shape index (κ3) is 2.50. The van der Waals surface area contributed by atoms with Gasteiger partial charge in [-0.15, -0.1) is 5.10 Å². The fourth-order valence-electron chi connectivity index (χ4n) is 1.47. The molecular weight excluding hydrogens is 216 g/mol. The first kappa shape index (κ1) is 11.3. The Kier molecular flexibility index (Phi) is 2.91. The number of nitrogens with one attached hydrogen (secondary N) is 1. The number of carbonyl (C=O) groups is 1. The maximum atomic E-state index is 11.8. The molecule has 2 rings (SSSR count). The third-order valence-corrected chi connectivity index (χ3v) is 2.60. The van der Waals surface area contributed by atoms with E-state index in [4.69, 9.17) is 0 Å². The zero-order valence-electron chi connectivity index (χ0n) is 10.1. The molecule has 0 atom stereocenters. The summed E-state index contributed by atoms with van der Waals surface area (Å²) in [6.45, 7) is 4.04. The van der Waals surface area contributed by atoms with Crippen molar-refractivity contribution in [2.75, 3.05) is 5.32 Å². The summed E-state index contributed by atoms with van der Waals surface area (Å²) in [5.74, 6) is -0.249. The van der Waals surface area contributed by atoms with Gasteiger partial charge in [0.25, 0.3) is 5.91 Å². The highest BCUT2D eigenvalue weighted by Gasteiger charge is 2.10. The van der Waals surface area contributed by atoms with Crippen LogP contribution in [0.4, 0.5) is 5.69 Å². The van der Waals surface area contributed by atoms with Crippen LogP contribution in [0, 0.1) is 13.8 Å². The van der Waals surface area contributed by atoms with Crippen molar-refractivity contribution in [3.05, 3.63) is 41.2 Å². The topological polar surface area (TPSA) is 59.8 Å². The lowest BCUT2D eigenvalue weighted by atomic mass is 10.1. The molecule has 0 spiro atoms. The molecule has 1 heterocycles. The predicted molar refractivity (Wildman–Crippen MR) is 64.9 cm³/mol. The van der Waals surface area contributed by atoms with E-state index in [2.05, 4.69) is 15.6 Å². The highest BCUT2D eigenvalue weighted by molar-refractivity contribution is 6.02. The van der Waals surface area contributed by atoms with Gasteiger partial charge >= 0.3 is 0 Å². The first-order valence-corrected chi connectivity index (χ1v) is 5.31. The number of anilines is 1. The molecule has 0 aliphatic rings. The van der Waals surface area contributed by atoms with Gasteiger partial charge in [0.05, 0.1) is 6.20 Å². The van der Waals surface area contributed by atoms with Gasteiger partial charge < -0.3 is 5.32 Å². The molecule has 88 valence electrons. The van der Waals surface area contributed by atoms with Crippen molar-refractivity contribution < 1.29 is 4.79 Å². The Balaban J connectivity index is 2.15. The predicted octanol–water partition coefficient (Wildman–Crippen LogP) is 1.68. The molecule has 1 N–H and O–H groups in total. The van der Waals surface area contributed by atoms with Crippen molar-refractivity contribution in [1.82, 2.24) is 15.0 Å². The van der Waals surface area contributed by atoms with E-state index in [1.54, 1.807) is 13.2 Å². The standard InChI is InChI=1S/C12H14N4O/c1-8-4-5-10(6-9(8)2)13-12(17)11-7-16(3)15-14-11/h4-7H,1-3H3,(H,13,17). The van der Waals surface area contributed by atoms with Crippen molar-refractivity contribution >= 4 is 11.6 Å². The molecule has 1 aromatic carbocycles. The van der Waals surface area contributed by atoms with E-state index >= 15 is 0 Å². The highest BCUT2D eigenvalue weighted by Crippen LogP contribution is 2.14. The third-order valence-electron chi connectivity index (χ3n) is 2.60. The van der Waals surface area contributed by atoms with Crippen molar-refractivity contribution in [2.24, 2.45) is 7.05 Å². The summed E-state index contributed by atoms with van der Waals surface area (Å²) in [5.41, 5.74) is 3.42. The fourth-order valence-corrected chi connectivity index (χ4v) is 1.47. The molecule has 0 fully saturated rings. The van der Waals surface area contributed by atoms with E-state index < -0.39 is 0 Å². The van der Waals surface area contributed by atoms with Crippen LogP contribution in [0.5, 0.6) is 0 Å². The van der Waals surface area contributed by atoms with E-state index in [9.17, 15) is 4.79 Å². The van der Waals surface area contributed by atoms with Gasteiger partial charge in [0.2, 0.25) is 0 Å². The molecule has 0 saturated carbocycles. The van der Waals surface area contributed by atoms with Crippen molar-refractivity contribution in [1.29, 1.82) is 0 Å². The SMILES string of the molecule is Cc1ccc(NC(=O)c2cn(C)nn2)cc1C. The zero-order valence-corrected chi connectivity index (χ0v) is 10.1. The molecule has 0 radical (unpaired) electrons. The number of carbonyl (C=O) groups excluding carboxylic acids is 1. The Morgan fingerprint density at radius 1 is 1.29 bits per heavy atom. The Morgan fingerprint density at radius 3 is 2.65 bits per heavy atom. The van der Waals surface area contributed by atoms with Crippen LogP contribution >= 0.6 is 0 Å². The van der Waals surface area contributed by atoms with E-state index in [1.165, 1.54) is 10.2 Å². The number of hydrogen-bond donors (Lipinski definition) is 1. The van der Waals surface area contributed by atoms with Gasteiger partial charge in [-0.25, -0.2) is 0 Å². The number of rotatable bonds is 2. The Morgan fingerprint density at radius 2 is 2.06 bits per heavy atom. The molecular formula is C12H14N4O. The minimum Gasteiger partial charge on any atom is -0.321 e. The molecule has 17 heavy (non-hydrogen) atoms. The number of amides is 1. The van der Waals surface area contributed by atoms with Crippen molar-refractivity contribution in [3.63, 3.8) is 0 Å². The first-order chi connectivity index (χ1) is 8.06. The van der Waals surface area contributed by atoms with Crippen LogP contribution in [-0.4, -0.2) is 20.9 Å². The minimum absolute atomic E-state index is 0.249. The molecule has 1 aromatic heterocycles. The molecule has 0 saturated heterocycles. The second kappa shape index (κ2) is 4.37. The monoisotopic (exact) mass is 230 g/mol. The molecule has 0 bridgehead atoms. The number of hydrogen-bond acceptors (Lipinski definition) is 3. The number of nitrogens with zero attached hydrogens (tertiary/aromatic N) is 3. The summed E-state index contributed by atoms with van der Waals surface area (Å²) in [6.07, 6.45) is 1.58. The Hall–Kier alpha value is -2.17. The van der Waals surface area contributed by atoms with Crippen LogP contribution in [0.1, 0.15) is 21.6 Å². The van der Waals surface area contributed by atoms with E-state index in [-0.39, 0.29) is 5.91 Å². The van der Waals surface area contributed by atoms with Crippen LogP contribution in [0.3, 0.4) is 0 Å². The Labute approximate surface area is 99.5 Å². The summed E-state index contributed by atoms with van der Waals surface area (Å²) < 4.78 is 1.50. The largest absolute Gasteiger partial charge is 0.321 e. The van der Waals surface area contributed by atoms with Gasteiger partial charge in [-0.3, -0.25) is 9.48 Å². The second-order valence-corrected chi connectivity index (χ2v) is 4.03. The summed E-state index contributed by atoms with van der Waals surface area (Å²) in [5, 5.41) is 10.3. The lowest BCUT2D eigenvalue weighted by molar-refractivity contribution is 0.102.